The van der Waals surface area contributed by atoms with Gasteiger partial charge in [0.1, 0.15) is 0 Å². The molecule has 0 heterocycles. The first-order chi connectivity index (χ1) is 8.90. The van der Waals surface area contributed by atoms with E-state index in [1.807, 2.05) is 0 Å². The molecule has 0 spiro atoms. The second-order valence-electron chi connectivity index (χ2n) is 5.63. The highest BCUT2D eigenvalue weighted by molar-refractivity contribution is 5.32. The number of hydrogen-bond acceptors (Lipinski definition) is 2. The van der Waals surface area contributed by atoms with Crippen molar-refractivity contribution < 1.29 is 5.11 Å². The number of aliphatic hydroxyl groups excluding tert-OH is 1. The Balaban J connectivity index is 3.13. The largest absolute Gasteiger partial charge is 0.386 e. The molecule has 0 aliphatic carbocycles. The van der Waals surface area contributed by atoms with Crippen molar-refractivity contribution in [3.05, 3.63) is 34.9 Å². The molecule has 2 unspecified atom stereocenters. The van der Waals surface area contributed by atoms with Crippen LogP contribution in [0.4, 0.5) is 0 Å². The van der Waals surface area contributed by atoms with Gasteiger partial charge in [-0.05, 0) is 57.0 Å². The topological polar surface area (TPSA) is 23.5 Å². The fourth-order valence-corrected chi connectivity index (χ4v) is 2.83. The molecule has 1 aromatic carbocycles. The monoisotopic (exact) mass is 263 g/mol. The van der Waals surface area contributed by atoms with E-state index >= 15 is 0 Å². The van der Waals surface area contributed by atoms with Crippen LogP contribution in [0.15, 0.2) is 18.2 Å². The Kier molecular flexibility index (Phi) is 5.57. The standard InChI is InChI=1S/C17H29NO/c1-7-17(6,18(8-2)9-3)16(19)15-11-10-13(4)14(5)12-15/h10-12,16,19H,7-9H2,1-6H3. The quantitative estimate of drug-likeness (QED) is 0.842. The number of aryl methyl sites for hydroxylation is 2. The summed E-state index contributed by atoms with van der Waals surface area (Å²) in [6.45, 7) is 14.8. The van der Waals surface area contributed by atoms with Gasteiger partial charge in [0.05, 0.1) is 6.10 Å². The predicted octanol–water partition coefficient (Wildman–Crippen LogP) is 3.85. The minimum Gasteiger partial charge on any atom is -0.386 e. The third-order valence-electron chi connectivity index (χ3n) is 4.64. The number of rotatable bonds is 6. The lowest BCUT2D eigenvalue weighted by molar-refractivity contribution is -0.0214. The molecule has 1 rings (SSSR count). The number of aliphatic hydroxyl groups is 1. The fraction of sp³-hybridized carbons (Fsp3) is 0.647. The molecular formula is C17H29NO. The van der Waals surface area contributed by atoms with Crippen molar-refractivity contribution >= 4 is 0 Å². The Morgan fingerprint density at radius 3 is 2.11 bits per heavy atom. The summed E-state index contributed by atoms with van der Waals surface area (Å²) in [5.41, 5.74) is 3.34. The first-order valence-electron chi connectivity index (χ1n) is 7.40. The predicted molar refractivity (Wildman–Crippen MR) is 82.5 cm³/mol. The number of benzene rings is 1. The highest BCUT2D eigenvalue weighted by atomic mass is 16.3. The maximum atomic E-state index is 10.8. The van der Waals surface area contributed by atoms with Crippen LogP contribution in [-0.2, 0) is 0 Å². The van der Waals surface area contributed by atoms with Crippen molar-refractivity contribution in [3.63, 3.8) is 0 Å². The number of nitrogens with zero attached hydrogens (tertiary/aromatic N) is 1. The first kappa shape index (κ1) is 16.2. The second kappa shape index (κ2) is 6.53. The Morgan fingerprint density at radius 1 is 1.11 bits per heavy atom. The van der Waals surface area contributed by atoms with Crippen LogP contribution in [0.2, 0.25) is 0 Å². The summed E-state index contributed by atoms with van der Waals surface area (Å²) in [5.74, 6) is 0. The van der Waals surface area contributed by atoms with Gasteiger partial charge in [0, 0.05) is 5.54 Å². The molecule has 0 amide bonds. The average molecular weight is 263 g/mol. The lowest BCUT2D eigenvalue weighted by atomic mass is 9.84. The molecule has 2 atom stereocenters. The fourth-order valence-electron chi connectivity index (χ4n) is 2.83. The lowest BCUT2D eigenvalue weighted by Crippen LogP contribution is -2.50. The maximum absolute atomic E-state index is 10.8. The SMILES string of the molecule is CCN(CC)C(C)(CC)C(O)c1ccc(C)c(C)c1. The van der Waals surface area contributed by atoms with Crippen LogP contribution in [-0.4, -0.2) is 28.6 Å². The van der Waals surface area contributed by atoms with Crippen molar-refractivity contribution in [2.45, 2.75) is 59.6 Å². The molecule has 0 aromatic heterocycles. The summed E-state index contributed by atoms with van der Waals surface area (Å²) >= 11 is 0. The van der Waals surface area contributed by atoms with Gasteiger partial charge in [-0.2, -0.15) is 0 Å². The van der Waals surface area contributed by atoms with Crippen LogP contribution < -0.4 is 0 Å². The third-order valence-corrected chi connectivity index (χ3v) is 4.64. The van der Waals surface area contributed by atoms with Gasteiger partial charge < -0.3 is 5.11 Å². The molecule has 0 aliphatic heterocycles. The van der Waals surface area contributed by atoms with Gasteiger partial charge in [0.2, 0.25) is 0 Å². The van der Waals surface area contributed by atoms with Crippen LogP contribution in [0.25, 0.3) is 0 Å². The van der Waals surface area contributed by atoms with Gasteiger partial charge in [-0.3, -0.25) is 4.90 Å². The molecule has 0 radical (unpaired) electrons. The molecule has 1 N–H and O–H groups in total. The molecule has 2 nitrogen and oxygen atoms in total. The minimum atomic E-state index is -0.448. The molecule has 0 fully saturated rings. The van der Waals surface area contributed by atoms with Gasteiger partial charge in [-0.1, -0.05) is 39.0 Å². The van der Waals surface area contributed by atoms with Gasteiger partial charge in [-0.15, -0.1) is 0 Å². The van der Waals surface area contributed by atoms with Gasteiger partial charge >= 0.3 is 0 Å². The van der Waals surface area contributed by atoms with Crippen molar-refractivity contribution in [2.24, 2.45) is 0 Å². The summed E-state index contributed by atoms with van der Waals surface area (Å²) in [6.07, 6.45) is 0.486. The zero-order valence-electron chi connectivity index (χ0n) is 13.3. The Labute approximate surface area is 118 Å². The molecule has 0 saturated heterocycles. The van der Waals surface area contributed by atoms with Crippen molar-refractivity contribution in [2.75, 3.05) is 13.1 Å². The summed E-state index contributed by atoms with van der Waals surface area (Å²) in [7, 11) is 0. The van der Waals surface area contributed by atoms with E-state index in [-0.39, 0.29) is 5.54 Å². The van der Waals surface area contributed by atoms with Crippen LogP contribution in [0.1, 0.15) is 56.9 Å². The Bertz CT molecular complexity index is 412. The van der Waals surface area contributed by atoms with E-state index in [1.165, 1.54) is 11.1 Å². The van der Waals surface area contributed by atoms with Gasteiger partial charge in [0.25, 0.3) is 0 Å². The smallest absolute Gasteiger partial charge is 0.0970 e. The summed E-state index contributed by atoms with van der Waals surface area (Å²) < 4.78 is 0. The molecule has 2 heteroatoms. The lowest BCUT2D eigenvalue weighted by Gasteiger charge is -2.43. The van der Waals surface area contributed by atoms with Crippen molar-refractivity contribution in [3.8, 4) is 0 Å². The number of hydrogen-bond donors (Lipinski definition) is 1. The molecule has 0 aliphatic rings. The molecule has 1 aromatic rings. The van der Waals surface area contributed by atoms with E-state index in [9.17, 15) is 5.11 Å². The third kappa shape index (κ3) is 3.18. The average Bonchev–Trinajstić information content (AvgIpc) is 2.42. The number of likely N-dealkylation sites (N-methyl/N-ethyl adjacent to an activating group) is 1. The highest BCUT2D eigenvalue weighted by Gasteiger charge is 2.36. The molecule has 19 heavy (non-hydrogen) atoms. The van der Waals surface area contributed by atoms with Crippen LogP contribution in [0.3, 0.4) is 0 Å². The highest BCUT2D eigenvalue weighted by Crippen LogP contribution is 2.34. The maximum Gasteiger partial charge on any atom is 0.0970 e. The second-order valence-corrected chi connectivity index (χ2v) is 5.63. The van der Waals surface area contributed by atoms with E-state index in [1.54, 1.807) is 0 Å². The Morgan fingerprint density at radius 2 is 1.68 bits per heavy atom. The molecule has 0 bridgehead atoms. The van der Waals surface area contributed by atoms with Crippen molar-refractivity contribution in [1.29, 1.82) is 0 Å². The molecule has 0 saturated carbocycles. The summed E-state index contributed by atoms with van der Waals surface area (Å²) in [4.78, 5) is 2.35. The summed E-state index contributed by atoms with van der Waals surface area (Å²) in [5, 5.41) is 10.8. The van der Waals surface area contributed by atoms with Crippen LogP contribution in [0, 0.1) is 13.8 Å². The van der Waals surface area contributed by atoms with Crippen molar-refractivity contribution in [1.82, 2.24) is 4.90 Å². The van der Waals surface area contributed by atoms with E-state index in [4.69, 9.17) is 0 Å². The first-order valence-corrected chi connectivity index (χ1v) is 7.40. The van der Waals surface area contributed by atoms with Crippen LogP contribution >= 0.6 is 0 Å². The zero-order chi connectivity index (χ0) is 14.6. The van der Waals surface area contributed by atoms with E-state index < -0.39 is 6.10 Å². The minimum absolute atomic E-state index is 0.203. The van der Waals surface area contributed by atoms with E-state index in [0.29, 0.717) is 0 Å². The zero-order valence-corrected chi connectivity index (χ0v) is 13.3. The molecular weight excluding hydrogens is 234 g/mol. The van der Waals surface area contributed by atoms with Gasteiger partial charge in [-0.25, -0.2) is 0 Å². The van der Waals surface area contributed by atoms with E-state index in [0.717, 1.165) is 25.1 Å². The normalized spacial score (nSPS) is 16.4. The summed E-state index contributed by atoms with van der Waals surface area (Å²) in [6, 6.07) is 6.29. The van der Waals surface area contributed by atoms with E-state index in [2.05, 4.69) is 64.6 Å². The van der Waals surface area contributed by atoms with Crippen LogP contribution in [0.5, 0.6) is 0 Å². The van der Waals surface area contributed by atoms with Gasteiger partial charge in [0.15, 0.2) is 0 Å². The Hall–Kier alpha value is -0.860. The molecule has 108 valence electrons.